The standard InChI is InChI=1S/C12H15N3O2/c1-8-9(2)14-15(12(16)11(8)6-13)7-10-4-3-5-17-10/h10H,3-5,7H2,1-2H3/t10-/m1/s1. The predicted octanol–water partition coefficient (Wildman–Crippen LogP) is 0.911. The molecule has 2 heterocycles. The average molecular weight is 233 g/mol. The van der Waals surface area contributed by atoms with Crippen molar-refractivity contribution in [3.8, 4) is 6.07 Å². The molecule has 2 rings (SSSR count). The van der Waals surface area contributed by atoms with Crippen molar-refractivity contribution in [2.24, 2.45) is 0 Å². The average Bonchev–Trinajstić information content (AvgIpc) is 2.79. The molecule has 1 saturated heterocycles. The molecule has 1 aliphatic heterocycles. The molecule has 0 amide bonds. The second kappa shape index (κ2) is 4.68. The minimum absolute atomic E-state index is 0.0499. The summed E-state index contributed by atoms with van der Waals surface area (Å²) in [7, 11) is 0. The number of hydrogen-bond donors (Lipinski definition) is 0. The zero-order valence-electron chi connectivity index (χ0n) is 10.1. The van der Waals surface area contributed by atoms with Crippen molar-refractivity contribution in [2.75, 3.05) is 6.61 Å². The van der Waals surface area contributed by atoms with Crippen LogP contribution < -0.4 is 5.56 Å². The molecular formula is C12H15N3O2. The fourth-order valence-electron chi connectivity index (χ4n) is 2.01. The van der Waals surface area contributed by atoms with E-state index in [1.165, 1.54) is 4.68 Å². The molecule has 17 heavy (non-hydrogen) atoms. The van der Waals surface area contributed by atoms with Crippen LogP contribution >= 0.6 is 0 Å². The Morgan fingerprint density at radius 3 is 2.94 bits per heavy atom. The highest BCUT2D eigenvalue weighted by molar-refractivity contribution is 5.36. The van der Waals surface area contributed by atoms with Gasteiger partial charge in [0.25, 0.3) is 5.56 Å². The number of nitriles is 1. The summed E-state index contributed by atoms with van der Waals surface area (Å²) in [6.07, 6.45) is 2.02. The Morgan fingerprint density at radius 2 is 2.35 bits per heavy atom. The molecule has 1 atom stereocenters. The van der Waals surface area contributed by atoms with Gasteiger partial charge in [-0.1, -0.05) is 0 Å². The van der Waals surface area contributed by atoms with E-state index < -0.39 is 0 Å². The SMILES string of the molecule is Cc1nn(C[C@H]2CCCO2)c(=O)c(C#N)c1C. The van der Waals surface area contributed by atoms with Crippen molar-refractivity contribution in [1.29, 1.82) is 5.26 Å². The Balaban J connectivity index is 2.38. The van der Waals surface area contributed by atoms with Crippen molar-refractivity contribution in [1.82, 2.24) is 9.78 Å². The highest BCUT2D eigenvalue weighted by Crippen LogP contribution is 2.13. The second-order valence-corrected chi connectivity index (χ2v) is 4.32. The Kier molecular flexibility index (Phi) is 3.25. The minimum atomic E-state index is -0.314. The van der Waals surface area contributed by atoms with E-state index in [1.807, 2.05) is 13.0 Å². The van der Waals surface area contributed by atoms with Gasteiger partial charge in [0.1, 0.15) is 11.6 Å². The molecule has 5 heteroatoms. The first-order valence-corrected chi connectivity index (χ1v) is 5.73. The largest absolute Gasteiger partial charge is 0.376 e. The monoisotopic (exact) mass is 233 g/mol. The van der Waals surface area contributed by atoms with E-state index in [-0.39, 0.29) is 17.2 Å². The lowest BCUT2D eigenvalue weighted by Crippen LogP contribution is -2.31. The van der Waals surface area contributed by atoms with E-state index in [1.54, 1.807) is 6.92 Å². The Bertz CT molecular complexity index is 522. The van der Waals surface area contributed by atoms with Gasteiger partial charge < -0.3 is 4.74 Å². The molecule has 0 aliphatic carbocycles. The normalized spacial score (nSPS) is 19.2. The highest BCUT2D eigenvalue weighted by Gasteiger charge is 2.19. The molecule has 90 valence electrons. The van der Waals surface area contributed by atoms with Crippen LogP contribution in [0.5, 0.6) is 0 Å². The van der Waals surface area contributed by atoms with Crippen LogP contribution in [0.2, 0.25) is 0 Å². The fourth-order valence-corrected chi connectivity index (χ4v) is 2.01. The van der Waals surface area contributed by atoms with Gasteiger partial charge in [-0.15, -0.1) is 0 Å². The van der Waals surface area contributed by atoms with Crippen LogP contribution in [-0.4, -0.2) is 22.5 Å². The Labute approximate surface area is 99.6 Å². The van der Waals surface area contributed by atoms with Crippen LogP contribution in [0.3, 0.4) is 0 Å². The molecule has 0 spiro atoms. The van der Waals surface area contributed by atoms with E-state index in [9.17, 15) is 4.79 Å². The molecule has 0 bridgehead atoms. The summed E-state index contributed by atoms with van der Waals surface area (Å²) in [5.74, 6) is 0. The topological polar surface area (TPSA) is 67.9 Å². The second-order valence-electron chi connectivity index (χ2n) is 4.32. The molecule has 5 nitrogen and oxygen atoms in total. The maximum Gasteiger partial charge on any atom is 0.285 e. The molecule has 1 aliphatic rings. The molecular weight excluding hydrogens is 218 g/mol. The maximum atomic E-state index is 12.0. The van der Waals surface area contributed by atoms with Gasteiger partial charge in [-0.2, -0.15) is 10.4 Å². The third-order valence-corrected chi connectivity index (χ3v) is 3.15. The van der Waals surface area contributed by atoms with Crippen molar-refractivity contribution >= 4 is 0 Å². The van der Waals surface area contributed by atoms with Gasteiger partial charge in [0.05, 0.1) is 18.3 Å². The minimum Gasteiger partial charge on any atom is -0.376 e. The summed E-state index contributed by atoms with van der Waals surface area (Å²) in [5, 5.41) is 13.2. The van der Waals surface area contributed by atoms with E-state index >= 15 is 0 Å². The Morgan fingerprint density at radius 1 is 1.59 bits per heavy atom. The van der Waals surface area contributed by atoms with Crippen LogP contribution in [0, 0.1) is 25.2 Å². The van der Waals surface area contributed by atoms with Gasteiger partial charge in [-0.25, -0.2) is 4.68 Å². The number of hydrogen-bond acceptors (Lipinski definition) is 4. The number of ether oxygens (including phenoxy) is 1. The third kappa shape index (κ3) is 2.22. The predicted molar refractivity (Wildman–Crippen MR) is 61.7 cm³/mol. The van der Waals surface area contributed by atoms with E-state index in [0.29, 0.717) is 12.1 Å². The summed E-state index contributed by atoms with van der Waals surface area (Å²) in [4.78, 5) is 12.0. The Hall–Kier alpha value is -1.67. The molecule has 0 aromatic carbocycles. The molecule has 0 saturated carbocycles. The van der Waals surface area contributed by atoms with Crippen molar-refractivity contribution in [3.63, 3.8) is 0 Å². The van der Waals surface area contributed by atoms with Crippen molar-refractivity contribution in [3.05, 3.63) is 27.2 Å². The van der Waals surface area contributed by atoms with Gasteiger partial charge >= 0.3 is 0 Å². The maximum absolute atomic E-state index is 12.0. The molecule has 0 unspecified atom stereocenters. The summed E-state index contributed by atoms with van der Waals surface area (Å²) < 4.78 is 6.83. The summed E-state index contributed by atoms with van der Waals surface area (Å²) in [6.45, 7) is 4.74. The summed E-state index contributed by atoms with van der Waals surface area (Å²) >= 11 is 0. The van der Waals surface area contributed by atoms with Crippen molar-refractivity contribution in [2.45, 2.75) is 39.3 Å². The van der Waals surface area contributed by atoms with Gasteiger partial charge in [0.15, 0.2) is 0 Å². The summed E-state index contributed by atoms with van der Waals surface area (Å²) in [6, 6.07) is 1.96. The zero-order chi connectivity index (χ0) is 12.4. The lowest BCUT2D eigenvalue weighted by Gasteiger charge is -2.12. The van der Waals surface area contributed by atoms with Crippen molar-refractivity contribution < 1.29 is 4.74 Å². The van der Waals surface area contributed by atoms with E-state index in [4.69, 9.17) is 10.00 Å². The number of rotatable bonds is 2. The van der Waals surface area contributed by atoms with Crippen LogP contribution in [0.1, 0.15) is 29.7 Å². The highest BCUT2D eigenvalue weighted by atomic mass is 16.5. The van der Waals surface area contributed by atoms with Crippen LogP contribution in [-0.2, 0) is 11.3 Å². The number of aryl methyl sites for hydroxylation is 1. The van der Waals surface area contributed by atoms with Crippen LogP contribution in [0.25, 0.3) is 0 Å². The lowest BCUT2D eigenvalue weighted by atomic mass is 10.1. The van der Waals surface area contributed by atoms with E-state index in [0.717, 1.165) is 25.1 Å². The lowest BCUT2D eigenvalue weighted by molar-refractivity contribution is 0.0925. The first kappa shape index (κ1) is 11.8. The van der Waals surface area contributed by atoms with Gasteiger partial charge in [-0.05, 0) is 32.3 Å². The third-order valence-electron chi connectivity index (χ3n) is 3.15. The fraction of sp³-hybridized carbons (Fsp3) is 0.583. The molecule has 1 fully saturated rings. The smallest absolute Gasteiger partial charge is 0.285 e. The molecule has 0 N–H and O–H groups in total. The quantitative estimate of drug-likeness (QED) is 0.761. The van der Waals surface area contributed by atoms with E-state index in [2.05, 4.69) is 5.10 Å². The van der Waals surface area contributed by atoms with Gasteiger partial charge in [0, 0.05) is 6.61 Å². The molecule has 1 aromatic heterocycles. The molecule has 0 radical (unpaired) electrons. The zero-order valence-corrected chi connectivity index (χ0v) is 10.1. The first-order chi connectivity index (χ1) is 8.13. The number of nitrogens with zero attached hydrogens (tertiary/aromatic N) is 3. The van der Waals surface area contributed by atoms with Gasteiger partial charge in [0.2, 0.25) is 0 Å². The first-order valence-electron chi connectivity index (χ1n) is 5.73. The number of aromatic nitrogens is 2. The van der Waals surface area contributed by atoms with Crippen LogP contribution in [0.15, 0.2) is 4.79 Å². The summed E-state index contributed by atoms with van der Waals surface area (Å²) in [5.41, 5.74) is 1.27. The van der Waals surface area contributed by atoms with Crippen LogP contribution in [0.4, 0.5) is 0 Å². The van der Waals surface area contributed by atoms with Gasteiger partial charge in [-0.3, -0.25) is 4.79 Å². The molecule has 1 aromatic rings.